The fourth-order valence-corrected chi connectivity index (χ4v) is 4.86. The minimum atomic E-state index is -0.600. The van der Waals surface area contributed by atoms with Crippen LogP contribution in [0.1, 0.15) is 17.4 Å². The van der Waals surface area contributed by atoms with Crippen LogP contribution in [0.15, 0.2) is 76.4 Å². The molecular formula is C23H16BrClN4O2S. The van der Waals surface area contributed by atoms with Crippen molar-refractivity contribution in [3.05, 3.63) is 87.4 Å². The number of hydrogen-bond donors (Lipinski definition) is 2. The summed E-state index contributed by atoms with van der Waals surface area (Å²) in [6, 6.07) is 20.5. The van der Waals surface area contributed by atoms with Gasteiger partial charge in [0.25, 0.3) is 0 Å². The van der Waals surface area contributed by atoms with E-state index in [4.69, 9.17) is 16.3 Å². The molecule has 1 atom stereocenters. The average Bonchev–Trinajstić information content (AvgIpc) is 2.96. The summed E-state index contributed by atoms with van der Waals surface area (Å²) in [6.45, 7) is 0. The molecule has 1 aliphatic heterocycles. The maximum absolute atomic E-state index is 10.0. The van der Waals surface area contributed by atoms with Crippen LogP contribution in [0.4, 0.5) is 5.69 Å². The number of halogens is 2. The van der Waals surface area contributed by atoms with Crippen LogP contribution in [0.3, 0.4) is 0 Å². The molecule has 0 bridgehead atoms. The number of aromatic hydroxyl groups is 1. The van der Waals surface area contributed by atoms with E-state index >= 15 is 0 Å². The summed E-state index contributed by atoms with van der Waals surface area (Å²) >= 11 is 11.3. The number of rotatable bonds is 4. The van der Waals surface area contributed by atoms with Crippen molar-refractivity contribution in [2.24, 2.45) is 0 Å². The highest BCUT2D eigenvalue weighted by Crippen LogP contribution is 2.41. The minimum Gasteiger partial charge on any atom is -0.508 e. The van der Waals surface area contributed by atoms with Crippen LogP contribution in [0.25, 0.3) is 11.3 Å². The Morgan fingerprint density at radius 3 is 2.75 bits per heavy atom. The van der Waals surface area contributed by atoms with Crippen LogP contribution in [-0.4, -0.2) is 20.3 Å². The van der Waals surface area contributed by atoms with Gasteiger partial charge in [0.1, 0.15) is 5.75 Å². The van der Waals surface area contributed by atoms with Crippen molar-refractivity contribution in [3.8, 4) is 22.9 Å². The number of para-hydroxylation sites is 1. The first kappa shape index (κ1) is 21.1. The summed E-state index contributed by atoms with van der Waals surface area (Å²) in [6.07, 6.45) is -0.600. The lowest BCUT2D eigenvalue weighted by Gasteiger charge is -2.20. The number of aromatic nitrogens is 3. The number of phenolic OH excluding ortho intramolecular Hbond substituents is 1. The van der Waals surface area contributed by atoms with Gasteiger partial charge in [-0.25, -0.2) is 0 Å². The lowest BCUT2D eigenvalue weighted by Crippen LogP contribution is -2.17. The molecule has 1 aromatic heterocycles. The van der Waals surface area contributed by atoms with Gasteiger partial charge in [-0.1, -0.05) is 75.7 Å². The summed E-state index contributed by atoms with van der Waals surface area (Å²) in [5.41, 5.74) is 3.95. The number of nitrogens with one attached hydrogen (secondary N) is 1. The zero-order chi connectivity index (χ0) is 22.1. The number of thioether (sulfide) groups is 1. The standard InChI is InChI=1S/C23H16BrClN4O2S/c24-17-10-9-14(30)11-16(17)21-26-19-8-4-2-6-15(19)20-22(31-21)27-23(29-28-20)32-12-13-5-1-3-7-18(13)25/h1-11,21,26,30H,12H2/t21-/m0/s1. The fourth-order valence-electron chi connectivity index (χ4n) is 3.34. The van der Waals surface area contributed by atoms with E-state index in [1.807, 2.05) is 48.5 Å². The van der Waals surface area contributed by atoms with Gasteiger partial charge in [-0.15, -0.1) is 10.2 Å². The molecule has 0 saturated heterocycles. The van der Waals surface area contributed by atoms with Crippen molar-refractivity contribution >= 4 is 45.0 Å². The normalized spacial score (nSPS) is 14.5. The number of hydrogen-bond acceptors (Lipinski definition) is 7. The second-order valence-electron chi connectivity index (χ2n) is 7.02. The zero-order valence-corrected chi connectivity index (χ0v) is 19.7. The average molecular weight is 528 g/mol. The summed E-state index contributed by atoms with van der Waals surface area (Å²) in [5, 5.41) is 23.3. The van der Waals surface area contributed by atoms with E-state index < -0.39 is 6.23 Å². The van der Waals surface area contributed by atoms with Gasteiger partial charge < -0.3 is 15.2 Å². The third-order valence-electron chi connectivity index (χ3n) is 4.91. The molecule has 3 aromatic carbocycles. The van der Waals surface area contributed by atoms with E-state index in [-0.39, 0.29) is 5.75 Å². The SMILES string of the molecule is Oc1ccc(Br)c([C@H]2Nc3ccccc3-c3nnc(SCc4ccccc4Cl)nc3O2)c1. The first-order valence-electron chi connectivity index (χ1n) is 9.70. The van der Waals surface area contributed by atoms with Gasteiger partial charge in [-0.05, 0) is 35.9 Å². The fraction of sp³-hybridized carbons (Fsp3) is 0.0870. The highest BCUT2D eigenvalue weighted by Gasteiger charge is 2.27. The molecule has 0 aliphatic carbocycles. The van der Waals surface area contributed by atoms with Crippen molar-refractivity contribution in [1.29, 1.82) is 0 Å². The Kier molecular flexibility index (Phi) is 5.91. The van der Waals surface area contributed by atoms with Crippen LogP contribution >= 0.6 is 39.3 Å². The molecule has 160 valence electrons. The Morgan fingerprint density at radius 2 is 1.88 bits per heavy atom. The molecule has 2 N–H and O–H groups in total. The lowest BCUT2D eigenvalue weighted by molar-refractivity contribution is 0.224. The van der Waals surface area contributed by atoms with Crippen LogP contribution in [0, 0.1) is 0 Å². The molecule has 5 rings (SSSR count). The van der Waals surface area contributed by atoms with Gasteiger partial charge in [-0.3, -0.25) is 0 Å². The Labute approximate surface area is 202 Å². The van der Waals surface area contributed by atoms with Crippen molar-refractivity contribution in [1.82, 2.24) is 15.2 Å². The van der Waals surface area contributed by atoms with E-state index in [9.17, 15) is 5.11 Å². The number of anilines is 1. The monoisotopic (exact) mass is 526 g/mol. The highest BCUT2D eigenvalue weighted by molar-refractivity contribution is 9.10. The summed E-state index contributed by atoms with van der Waals surface area (Å²) in [4.78, 5) is 4.65. The van der Waals surface area contributed by atoms with Crippen LogP contribution in [-0.2, 0) is 5.75 Å². The number of nitrogens with zero attached hydrogens (tertiary/aromatic N) is 3. The topological polar surface area (TPSA) is 80.2 Å². The molecule has 0 fully saturated rings. The second-order valence-corrected chi connectivity index (χ2v) is 9.23. The summed E-state index contributed by atoms with van der Waals surface area (Å²) < 4.78 is 7.07. The van der Waals surface area contributed by atoms with Crippen LogP contribution in [0.5, 0.6) is 11.6 Å². The van der Waals surface area contributed by atoms with Crippen molar-refractivity contribution < 1.29 is 9.84 Å². The molecule has 32 heavy (non-hydrogen) atoms. The highest BCUT2D eigenvalue weighted by atomic mass is 79.9. The molecule has 0 amide bonds. The Bertz CT molecular complexity index is 1310. The van der Waals surface area contributed by atoms with Crippen molar-refractivity contribution in [2.45, 2.75) is 17.1 Å². The van der Waals surface area contributed by atoms with Gasteiger partial charge in [0.15, 0.2) is 11.9 Å². The predicted molar refractivity (Wildman–Crippen MR) is 129 cm³/mol. The molecule has 9 heteroatoms. The molecule has 6 nitrogen and oxygen atoms in total. The largest absolute Gasteiger partial charge is 0.508 e. The maximum atomic E-state index is 10.0. The van der Waals surface area contributed by atoms with Crippen molar-refractivity contribution in [2.75, 3.05) is 5.32 Å². The third kappa shape index (κ3) is 4.26. The van der Waals surface area contributed by atoms with E-state index in [1.165, 1.54) is 11.8 Å². The van der Waals surface area contributed by atoms with Gasteiger partial charge in [0, 0.05) is 32.1 Å². The number of fused-ring (bicyclic) bond motifs is 3. The van der Waals surface area contributed by atoms with Crippen LogP contribution in [0.2, 0.25) is 5.02 Å². The third-order valence-corrected chi connectivity index (χ3v) is 6.89. The molecular weight excluding hydrogens is 512 g/mol. The Balaban J connectivity index is 1.52. The smallest absolute Gasteiger partial charge is 0.247 e. The molecule has 4 aromatic rings. The van der Waals surface area contributed by atoms with E-state index in [1.54, 1.807) is 18.2 Å². The summed E-state index contributed by atoms with van der Waals surface area (Å²) in [7, 11) is 0. The van der Waals surface area contributed by atoms with Gasteiger partial charge in [0.2, 0.25) is 11.0 Å². The molecule has 0 spiro atoms. The van der Waals surface area contributed by atoms with Crippen LogP contribution < -0.4 is 10.1 Å². The van der Waals surface area contributed by atoms with E-state index in [0.29, 0.717) is 27.5 Å². The molecule has 1 aliphatic rings. The molecule has 0 unspecified atom stereocenters. The van der Waals surface area contributed by atoms with Gasteiger partial charge >= 0.3 is 0 Å². The maximum Gasteiger partial charge on any atom is 0.247 e. The number of benzene rings is 3. The van der Waals surface area contributed by atoms with Crippen molar-refractivity contribution in [3.63, 3.8) is 0 Å². The molecule has 0 radical (unpaired) electrons. The Morgan fingerprint density at radius 1 is 1.06 bits per heavy atom. The second kappa shape index (κ2) is 8.97. The first-order chi connectivity index (χ1) is 15.6. The van der Waals surface area contributed by atoms with E-state index in [0.717, 1.165) is 26.9 Å². The zero-order valence-electron chi connectivity index (χ0n) is 16.5. The van der Waals surface area contributed by atoms with E-state index in [2.05, 4.69) is 36.4 Å². The minimum absolute atomic E-state index is 0.142. The molecule has 2 heterocycles. The summed E-state index contributed by atoms with van der Waals surface area (Å²) in [5.74, 6) is 1.11. The quantitative estimate of drug-likeness (QED) is 0.295. The molecule has 0 saturated carbocycles. The van der Waals surface area contributed by atoms with Gasteiger partial charge in [0.05, 0.1) is 0 Å². The Hall–Kier alpha value is -2.81. The predicted octanol–water partition coefficient (Wildman–Crippen LogP) is 6.46. The number of ether oxygens (including phenoxy) is 1. The van der Waals surface area contributed by atoms with Gasteiger partial charge in [-0.2, -0.15) is 4.98 Å². The number of phenols is 1. The lowest BCUT2D eigenvalue weighted by atomic mass is 10.1. The first-order valence-corrected chi connectivity index (χ1v) is 11.9.